The van der Waals surface area contributed by atoms with Gasteiger partial charge in [0, 0.05) is 12.4 Å². The Morgan fingerprint density at radius 2 is 1.93 bits per heavy atom. The molecule has 0 bridgehead atoms. The molecule has 0 fully saturated rings. The molecule has 29 heavy (non-hydrogen) atoms. The summed E-state index contributed by atoms with van der Waals surface area (Å²) >= 11 is 12.2. The maximum Gasteiger partial charge on any atom is 0.261 e. The smallest absolute Gasteiger partial charge is 0.261 e. The van der Waals surface area contributed by atoms with Gasteiger partial charge >= 0.3 is 0 Å². The summed E-state index contributed by atoms with van der Waals surface area (Å²) in [7, 11) is 0. The molecule has 4 rings (SSSR count). The van der Waals surface area contributed by atoms with Gasteiger partial charge in [0.05, 0.1) is 22.8 Å². The summed E-state index contributed by atoms with van der Waals surface area (Å²) in [6.07, 6.45) is 2.95. The van der Waals surface area contributed by atoms with Crippen LogP contribution in [-0.2, 0) is 4.74 Å². The first-order chi connectivity index (χ1) is 14.1. The molecular weight excluding hydrogens is 413 g/mol. The van der Waals surface area contributed by atoms with Crippen molar-refractivity contribution in [1.29, 1.82) is 0 Å². The lowest BCUT2D eigenvalue weighted by Gasteiger charge is -2.14. The molecule has 146 valence electrons. The molecule has 1 N–H and O–H groups in total. The number of benzene rings is 2. The Kier molecular flexibility index (Phi) is 5.64. The van der Waals surface area contributed by atoms with E-state index in [0.717, 1.165) is 0 Å². The van der Waals surface area contributed by atoms with Crippen molar-refractivity contribution in [2.45, 2.75) is 0 Å². The minimum Gasteiger partial charge on any atom is -0.475 e. The van der Waals surface area contributed by atoms with Crippen LogP contribution in [-0.4, -0.2) is 29.9 Å². The van der Waals surface area contributed by atoms with Crippen LogP contribution in [0.3, 0.4) is 0 Å². The van der Waals surface area contributed by atoms with Crippen LogP contribution in [0.2, 0.25) is 10.0 Å². The SMILES string of the molecule is O=C(Nc1ccccc1C1=NCCO1)c1cnccc1Oc1cccc(Cl)c1Cl. The van der Waals surface area contributed by atoms with Gasteiger partial charge < -0.3 is 14.8 Å². The van der Waals surface area contributed by atoms with Crippen LogP contribution in [0.1, 0.15) is 15.9 Å². The number of halogens is 2. The van der Waals surface area contributed by atoms with E-state index in [1.165, 1.54) is 12.4 Å². The summed E-state index contributed by atoms with van der Waals surface area (Å²) in [6.45, 7) is 1.12. The first kappa shape index (κ1) is 19.2. The normalized spacial score (nSPS) is 12.8. The molecule has 1 amide bonds. The Bertz CT molecular complexity index is 1100. The number of ether oxygens (including phenoxy) is 2. The molecule has 0 spiro atoms. The summed E-state index contributed by atoms with van der Waals surface area (Å²) < 4.78 is 11.4. The molecule has 8 heteroatoms. The van der Waals surface area contributed by atoms with E-state index in [9.17, 15) is 4.79 Å². The predicted molar refractivity (Wildman–Crippen MR) is 113 cm³/mol. The number of anilines is 1. The summed E-state index contributed by atoms with van der Waals surface area (Å²) in [5.41, 5.74) is 1.53. The highest BCUT2D eigenvalue weighted by Crippen LogP contribution is 2.35. The molecule has 1 aliphatic heterocycles. The van der Waals surface area contributed by atoms with Gasteiger partial charge in [-0.1, -0.05) is 41.4 Å². The van der Waals surface area contributed by atoms with Crippen molar-refractivity contribution < 1.29 is 14.3 Å². The molecule has 1 aromatic heterocycles. The van der Waals surface area contributed by atoms with E-state index in [0.29, 0.717) is 46.8 Å². The highest BCUT2D eigenvalue weighted by molar-refractivity contribution is 6.42. The lowest BCUT2D eigenvalue weighted by atomic mass is 10.1. The third-order valence-electron chi connectivity index (χ3n) is 4.15. The topological polar surface area (TPSA) is 72.8 Å². The Hall–Kier alpha value is -3.09. The zero-order valence-corrected chi connectivity index (χ0v) is 16.6. The minimum atomic E-state index is -0.391. The third-order valence-corrected chi connectivity index (χ3v) is 4.95. The van der Waals surface area contributed by atoms with Crippen LogP contribution in [0.15, 0.2) is 65.9 Å². The highest BCUT2D eigenvalue weighted by atomic mass is 35.5. The summed E-state index contributed by atoms with van der Waals surface area (Å²) in [4.78, 5) is 21.3. The lowest BCUT2D eigenvalue weighted by Crippen LogP contribution is -2.16. The highest BCUT2D eigenvalue weighted by Gasteiger charge is 2.19. The fraction of sp³-hybridized carbons (Fsp3) is 0.0952. The van der Waals surface area contributed by atoms with Crippen molar-refractivity contribution in [2.75, 3.05) is 18.5 Å². The number of aliphatic imine (C=N–C) groups is 1. The van der Waals surface area contributed by atoms with Gasteiger partial charge in [-0.25, -0.2) is 4.99 Å². The largest absolute Gasteiger partial charge is 0.475 e. The number of hydrogen-bond acceptors (Lipinski definition) is 5. The van der Waals surface area contributed by atoms with Gasteiger partial charge in [-0.3, -0.25) is 9.78 Å². The van der Waals surface area contributed by atoms with Crippen LogP contribution >= 0.6 is 23.2 Å². The van der Waals surface area contributed by atoms with Crippen LogP contribution in [0, 0.1) is 0 Å². The molecule has 0 aliphatic carbocycles. The number of amides is 1. The van der Waals surface area contributed by atoms with Gasteiger partial charge in [-0.15, -0.1) is 0 Å². The molecule has 2 aromatic carbocycles. The number of pyridine rings is 1. The van der Waals surface area contributed by atoms with Gasteiger partial charge in [0.25, 0.3) is 5.91 Å². The average Bonchev–Trinajstić information content (AvgIpc) is 3.27. The second-order valence-electron chi connectivity index (χ2n) is 6.06. The van der Waals surface area contributed by atoms with Gasteiger partial charge in [0.1, 0.15) is 28.7 Å². The average molecular weight is 428 g/mol. The Morgan fingerprint density at radius 1 is 1.07 bits per heavy atom. The number of hydrogen-bond donors (Lipinski definition) is 1. The molecule has 0 saturated carbocycles. The van der Waals surface area contributed by atoms with Crippen molar-refractivity contribution in [3.05, 3.63) is 82.1 Å². The van der Waals surface area contributed by atoms with Crippen molar-refractivity contribution in [3.63, 3.8) is 0 Å². The van der Waals surface area contributed by atoms with Gasteiger partial charge in [0.2, 0.25) is 5.90 Å². The lowest BCUT2D eigenvalue weighted by molar-refractivity contribution is 0.102. The van der Waals surface area contributed by atoms with Crippen molar-refractivity contribution >= 4 is 40.7 Å². The molecule has 1 aliphatic rings. The molecule has 2 heterocycles. The first-order valence-corrected chi connectivity index (χ1v) is 9.53. The number of carbonyl (C=O) groups is 1. The van der Waals surface area contributed by atoms with E-state index < -0.39 is 5.91 Å². The van der Waals surface area contributed by atoms with Crippen LogP contribution < -0.4 is 10.1 Å². The summed E-state index contributed by atoms with van der Waals surface area (Å²) in [5, 5.41) is 3.50. The zero-order chi connectivity index (χ0) is 20.2. The summed E-state index contributed by atoms with van der Waals surface area (Å²) in [6, 6.07) is 13.9. The molecule has 0 atom stereocenters. The third kappa shape index (κ3) is 4.18. The molecule has 6 nitrogen and oxygen atoms in total. The zero-order valence-electron chi connectivity index (χ0n) is 15.1. The van der Waals surface area contributed by atoms with Crippen LogP contribution in [0.25, 0.3) is 0 Å². The maximum absolute atomic E-state index is 13.0. The maximum atomic E-state index is 13.0. The van der Waals surface area contributed by atoms with Crippen LogP contribution in [0.5, 0.6) is 11.5 Å². The predicted octanol–water partition coefficient (Wildman–Crippen LogP) is 5.21. The first-order valence-electron chi connectivity index (χ1n) is 8.77. The van der Waals surface area contributed by atoms with E-state index in [2.05, 4.69) is 15.3 Å². The molecular formula is C21H15Cl2N3O3. The Morgan fingerprint density at radius 3 is 2.76 bits per heavy atom. The second kappa shape index (κ2) is 8.51. The summed E-state index contributed by atoms with van der Waals surface area (Å²) in [5.74, 6) is 0.758. The van der Waals surface area contributed by atoms with Crippen molar-refractivity contribution in [2.24, 2.45) is 4.99 Å². The van der Waals surface area contributed by atoms with E-state index in [1.54, 1.807) is 30.3 Å². The Balaban J connectivity index is 1.62. The minimum absolute atomic E-state index is 0.243. The standard InChI is InChI=1S/C21H15Cl2N3O3/c22-15-5-3-7-18(19(15)23)29-17-8-9-24-12-14(17)20(27)26-16-6-2-1-4-13(16)21-25-10-11-28-21/h1-9,12H,10-11H2,(H,26,27). The van der Waals surface area contributed by atoms with Crippen LogP contribution in [0.4, 0.5) is 5.69 Å². The Labute approximate surface area is 177 Å². The number of nitrogens with one attached hydrogen (secondary N) is 1. The van der Waals surface area contributed by atoms with Gasteiger partial charge in [0.15, 0.2) is 0 Å². The van der Waals surface area contributed by atoms with E-state index in [4.69, 9.17) is 32.7 Å². The van der Waals surface area contributed by atoms with E-state index in [1.807, 2.05) is 18.2 Å². The van der Waals surface area contributed by atoms with E-state index >= 15 is 0 Å². The fourth-order valence-electron chi connectivity index (χ4n) is 2.79. The second-order valence-corrected chi connectivity index (χ2v) is 6.85. The van der Waals surface area contributed by atoms with E-state index in [-0.39, 0.29) is 10.6 Å². The molecule has 0 unspecified atom stereocenters. The molecule has 0 radical (unpaired) electrons. The quantitative estimate of drug-likeness (QED) is 0.606. The van der Waals surface area contributed by atoms with Crippen molar-refractivity contribution in [3.8, 4) is 11.5 Å². The van der Waals surface area contributed by atoms with Gasteiger partial charge in [-0.2, -0.15) is 0 Å². The number of rotatable bonds is 5. The van der Waals surface area contributed by atoms with Crippen molar-refractivity contribution in [1.82, 2.24) is 4.98 Å². The number of nitrogens with zero attached hydrogens (tertiary/aromatic N) is 2. The fourth-order valence-corrected chi connectivity index (χ4v) is 3.12. The number of para-hydroxylation sites is 1. The monoisotopic (exact) mass is 427 g/mol. The molecule has 3 aromatic rings. The number of aromatic nitrogens is 1. The number of carbonyl (C=O) groups excluding carboxylic acids is 1. The molecule has 0 saturated heterocycles. The van der Waals surface area contributed by atoms with Gasteiger partial charge in [-0.05, 0) is 30.3 Å².